The van der Waals surface area contributed by atoms with Crippen LogP contribution in [-0.2, 0) is 16.6 Å². The molecule has 0 atom stereocenters. The van der Waals surface area contributed by atoms with Crippen molar-refractivity contribution in [3.63, 3.8) is 0 Å². The van der Waals surface area contributed by atoms with E-state index in [0.29, 0.717) is 21.5 Å². The van der Waals surface area contributed by atoms with E-state index in [2.05, 4.69) is 10.0 Å². The maximum absolute atomic E-state index is 12.5. The molecule has 0 aliphatic carbocycles. The van der Waals surface area contributed by atoms with Crippen LogP contribution in [-0.4, -0.2) is 15.5 Å². The monoisotopic (exact) mass is 344 g/mol. The lowest BCUT2D eigenvalue weighted by Crippen LogP contribution is -2.12. The standard InChI is InChI=1S/C14H17ClN2O2S2/c1-9-5-4-6-11(15)14(9)17-21(18,19)13-7-10(2)12(20-13)8-16-3/h4-7,16-17H,8H2,1-3H3. The van der Waals surface area contributed by atoms with Crippen LogP contribution in [0.15, 0.2) is 28.5 Å². The molecular formula is C14H17ClN2O2S2. The lowest BCUT2D eigenvalue weighted by atomic mass is 10.2. The Kier molecular flexibility index (Phi) is 4.93. The number of para-hydroxylation sites is 1. The summed E-state index contributed by atoms with van der Waals surface area (Å²) in [7, 11) is -1.79. The zero-order valence-electron chi connectivity index (χ0n) is 12.0. The molecule has 0 bridgehead atoms. The molecule has 2 aromatic rings. The van der Waals surface area contributed by atoms with Crippen LogP contribution in [0.1, 0.15) is 16.0 Å². The normalized spacial score (nSPS) is 11.6. The number of halogens is 1. The molecule has 21 heavy (non-hydrogen) atoms. The topological polar surface area (TPSA) is 58.2 Å². The highest BCUT2D eigenvalue weighted by molar-refractivity contribution is 7.94. The molecule has 0 fully saturated rings. The first kappa shape index (κ1) is 16.3. The van der Waals surface area contributed by atoms with Crippen LogP contribution in [0.25, 0.3) is 0 Å². The molecule has 114 valence electrons. The van der Waals surface area contributed by atoms with Crippen LogP contribution in [0.4, 0.5) is 5.69 Å². The number of aryl methyl sites for hydroxylation is 2. The van der Waals surface area contributed by atoms with Crippen molar-refractivity contribution in [1.29, 1.82) is 0 Å². The fourth-order valence-corrected chi connectivity index (χ4v) is 4.98. The van der Waals surface area contributed by atoms with Gasteiger partial charge in [-0.25, -0.2) is 8.42 Å². The van der Waals surface area contributed by atoms with Gasteiger partial charge in [-0.1, -0.05) is 23.7 Å². The maximum atomic E-state index is 12.5. The summed E-state index contributed by atoms with van der Waals surface area (Å²) in [4.78, 5) is 1.01. The molecule has 1 aromatic heterocycles. The van der Waals surface area contributed by atoms with Gasteiger partial charge >= 0.3 is 0 Å². The molecule has 4 nitrogen and oxygen atoms in total. The zero-order valence-corrected chi connectivity index (χ0v) is 14.4. The first-order valence-corrected chi connectivity index (χ1v) is 9.04. The van der Waals surface area contributed by atoms with Gasteiger partial charge in [0.2, 0.25) is 0 Å². The second-order valence-electron chi connectivity index (χ2n) is 4.74. The third kappa shape index (κ3) is 3.58. The second-order valence-corrected chi connectivity index (χ2v) is 8.19. The zero-order chi connectivity index (χ0) is 15.6. The minimum Gasteiger partial charge on any atom is -0.315 e. The fraction of sp³-hybridized carbons (Fsp3) is 0.286. The Labute approximate surface area is 134 Å². The van der Waals surface area contributed by atoms with Gasteiger partial charge in [0.1, 0.15) is 4.21 Å². The van der Waals surface area contributed by atoms with E-state index in [1.165, 1.54) is 11.3 Å². The van der Waals surface area contributed by atoms with Crippen molar-refractivity contribution in [3.05, 3.63) is 45.3 Å². The number of benzene rings is 1. The minimum atomic E-state index is -3.62. The molecule has 0 radical (unpaired) electrons. The fourth-order valence-electron chi connectivity index (χ4n) is 1.90. The molecule has 0 aliphatic heterocycles. The molecule has 1 heterocycles. The predicted octanol–water partition coefficient (Wildman–Crippen LogP) is 3.54. The average molecular weight is 345 g/mol. The molecule has 0 spiro atoms. The summed E-state index contributed by atoms with van der Waals surface area (Å²) < 4.78 is 27.9. The molecular weight excluding hydrogens is 328 g/mol. The number of hydrogen-bond donors (Lipinski definition) is 2. The maximum Gasteiger partial charge on any atom is 0.271 e. The van der Waals surface area contributed by atoms with Crippen molar-refractivity contribution in [2.24, 2.45) is 0 Å². The van der Waals surface area contributed by atoms with E-state index in [4.69, 9.17) is 11.6 Å². The van der Waals surface area contributed by atoms with Gasteiger partial charge in [-0.3, -0.25) is 4.72 Å². The van der Waals surface area contributed by atoms with Gasteiger partial charge < -0.3 is 5.32 Å². The highest BCUT2D eigenvalue weighted by atomic mass is 35.5. The Hall–Kier alpha value is -1.08. The summed E-state index contributed by atoms with van der Waals surface area (Å²) in [5, 5.41) is 3.42. The number of thiophene rings is 1. The van der Waals surface area contributed by atoms with E-state index < -0.39 is 10.0 Å². The number of rotatable bonds is 5. The van der Waals surface area contributed by atoms with Crippen LogP contribution in [0, 0.1) is 13.8 Å². The van der Waals surface area contributed by atoms with E-state index in [0.717, 1.165) is 16.0 Å². The Morgan fingerprint density at radius 2 is 1.95 bits per heavy atom. The van der Waals surface area contributed by atoms with E-state index >= 15 is 0 Å². The molecule has 0 saturated carbocycles. The van der Waals surface area contributed by atoms with Gasteiger partial charge in [0, 0.05) is 11.4 Å². The number of hydrogen-bond acceptors (Lipinski definition) is 4. The van der Waals surface area contributed by atoms with Gasteiger partial charge in [-0.15, -0.1) is 11.3 Å². The number of nitrogens with one attached hydrogen (secondary N) is 2. The van der Waals surface area contributed by atoms with Crippen molar-refractivity contribution in [3.8, 4) is 0 Å². The molecule has 2 N–H and O–H groups in total. The second kappa shape index (κ2) is 6.36. The largest absolute Gasteiger partial charge is 0.315 e. The Morgan fingerprint density at radius 1 is 1.24 bits per heavy atom. The van der Waals surface area contributed by atoms with Crippen molar-refractivity contribution >= 4 is 38.6 Å². The number of sulfonamides is 1. The minimum absolute atomic E-state index is 0.296. The van der Waals surface area contributed by atoms with Gasteiger partial charge in [-0.05, 0) is 44.2 Å². The third-order valence-electron chi connectivity index (χ3n) is 3.06. The molecule has 2 rings (SSSR count). The van der Waals surface area contributed by atoms with Gasteiger partial charge in [-0.2, -0.15) is 0 Å². The van der Waals surface area contributed by atoms with Crippen molar-refractivity contribution in [2.75, 3.05) is 11.8 Å². The van der Waals surface area contributed by atoms with Crippen LogP contribution in [0.3, 0.4) is 0 Å². The van der Waals surface area contributed by atoms with Crippen LogP contribution >= 0.6 is 22.9 Å². The predicted molar refractivity (Wildman–Crippen MR) is 88.8 cm³/mol. The molecule has 0 saturated heterocycles. The summed E-state index contributed by atoms with van der Waals surface area (Å²) >= 11 is 7.34. The highest BCUT2D eigenvalue weighted by Gasteiger charge is 2.20. The summed E-state index contributed by atoms with van der Waals surface area (Å²) in [6.45, 7) is 4.37. The van der Waals surface area contributed by atoms with Crippen LogP contribution in [0.5, 0.6) is 0 Å². The van der Waals surface area contributed by atoms with Crippen molar-refractivity contribution in [1.82, 2.24) is 5.32 Å². The van der Waals surface area contributed by atoms with Crippen LogP contribution in [0.2, 0.25) is 5.02 Å². The van der Waals surface area contributed by atoms with Gasteiger partial charge in [0.05, 0.1) is 10.7 Å². The first-order valence-electron chi connectivity index (χ1n) is 6.37. The summed E-state index contributed by atoms with van der Waals surface area (Å²) in [5.41, 5.74) is 2.18. The quantitative estimate of drug-likeness (QED) is 0.872. The number of anilines is 1. The molecule has 7 heteroatoms. The lowest BCUT2D eigenvalue weighted by Gasteiger charge is -2.10. The van der Waals surface area contributed by atoms with Gasteiger partial charge in [0.25, 0.3) is 10.0 Å². The summed E-state index contributed by atoms with van der Waals surface area (Å²) in [6, 6.07) is 6.95. The highest BCUT2D eigenvalue weighted by Crippen LogP contribution is 2.31. The smallest absolute Gasteiger partial charge is 0.271 e. The first-order chi connectivity index (χ1) is 9.85. The Morgan fingerprint density at radius 3 is 2.57 bits per heavy atom. The SMILES string of the molecule is CNCc1sc(S(=O)(=O)Nc2c(C)cccc2Cl)cc1C. The molecule has 0 amide bonds. The van der Waals surface area contributed by atoms with E-state index in [9.17, 15) is 8.42 Å². The van der Waals surface area contributed by atoms with Gasteiger partial charge in [0.15, 0.2) is 0 Å². The molecule has 1 aromatic carbocycles. The van der Waals surface area contributed by atoms with E-state index in [1.807, 2.05) is 27.0 Å². The van der Waals surface area contributed by atoms with Crippen molar-refractivity contribution in [2.45, 2.75) is 24.6 Å². The molecule has 0 aliphatic rings. The Balaban J connectivity index is 2.37. The average Bonchev–Trinajstić information content (AvgIpc) is 2.77. The summed E-state index contributed by atoms with van der Waals surface area (Å²) in [5.74, 6) is 0. The van der Waals surface area contributed by atoms with Crippen molar-refractivity contribution < 1.29 is 8.42 Å². The Bertz CT molecular complexity index is 734. The van der Waals surface area contributed by atoms with Crippen LogP contribution < -0.4 is 10.0 Å². The third-order valence-corrected chi connectivity index (χ3v) is 6.43. The molecule has 0 unspecified atom stereocenters. The van der Waals surface area contributed by atoms with E-state index in [1.54, 1.807) is 18.2 Å². The van der Waals surface area contributed by atoms with E-state index in [-0.39, 0.29) is 0 Å². The lowest BCUT2D eigenvalue weighted by molar-refractivity contribution is 0.603. The summed E-state index contributed by atoms with van der Waals surface area (Å²) in [6.07, 6.45) is 0.